The molecule has 2 aliphatic heterocycles. The molecule has 1 unspecified atom stereocenters. The fourth-order valence-electron chi connectivity index (χ4n) is 4.13. The first-order valence-electron chi connectivity index (χ1n) is 9.22. The Bertz CT molecular complexity index is 721. The van der Waals surface area contributed by atoms with Crippen LogP contribution in [0.5, 0.6) is 0 Å². The van der Waals surface area contributed by atoms with Crippen LogP contribution in [0.3, 0.4) is 0 Å². The summed E-state index contributed by atoms with van der Waals surface area (Å²) in [7, 11) is 0. The topological polar surface area (TPSA) is 74.4 Å². The lowest BCUT2D eigenvalue weighted by Gasteiger charge is -2.43. The van der Waals surface area contributed by atoms with Crippen molar-refractivity contribution in [1.82, 2.24) is 25.0 Å². The second-order valence-corrected chi connectivity index (χ2v) is 7.42. The van der Waals surface area contributed by atoms with Gasteiger partial charge in [-0.15, -0.1) is 0 Å². The fraction of sp³-hybridized carbons (Fsp3) is 0.526. The van der Waals surface area contributed by atoms with Crippen molar-refractivity contribution in [3.63, 3.8) is 0 Å². The molecule has 1 N–H and O–H groups in total. The molecule has 26 heavy (non-hydrogen) atoms. The molecule has 1 atom stereocenters. The molecule has 7 nitrogen and oxygen atoms in total. The Morgan fingerprint density at radius 2 is 2.23 bits per heavy atom. The predicted octanol–water partition coefficient (Wildman–Crippen LogP) is 1.56. The number of nitrogens with zero attached hydrogens (tertiary/aromatic N) is 4. The second kappa shape index (κ2) is 7.55. The van der Waals surface area contributed by atoms with Crippen molar-refractivity contribution < 1.29 is 9.53 Å². The van der Waals surface area contributed by atoms with Gasteiger partial charge in [0.05, 0.1) is 18.8 Å². The molecule has 0 radical (unpaired) electrons. The maximum absolute atomic E-state index is 12.9. The van der Waals surface area contributed by atoms with Crippen LogP contribution in [0, 0.1) is 5.41 Å². The van der Waals surface area contributed by atoms with Crippen LogP contribution < -0.4 is 0 Å². The summed E-state index contributed by atoms with van der Waals surface area (Å²) < 4.78 is 5.95. The number of piperidine rings is 1. The van der Waals surface area contributed by atoms with Crippen molar-refractivity contribution in [2.24, 2.45) is 5.41 Å². The SMILES string of the molecule is O=C(c1cccnc1)N1CCCC2(COCCN(Cc3ccn[nH]3)C2)C1. The number of aromatic nitrogens is 3. The standard InChI is InChI=1S/C19H25N5O2/c25-18(16-3-1-6-20-11-16)24-8-2-5-19(14-24)13-23(9-10-26-15-19)12-17-4-7-21-22-17/h1,3-4,6-7,11H,2,5,8-10,12-15H2,(H,21,22). The van der Waals surface area contributed by atoms with Gasteiger partial charge in [-0.3, -0.25) is 19.8 Å². The van der Waals surface area contributed by atoms with Crippen LogP contribution in [0.15, 0.2) is 36.8 Å². The van der Waals surface area contributed by atoms with E-state index in [1.165, 1.54) is 0 Å². The highest BCUT2D eigenvalue weighted by Crippen LogP contribution is 2.34. The number of carbonyl (C=O) groups is 1. The molecule has 2 aromatic heterocycles. The second-order valence-electron chi connectivity index (χ2n) is 7.42. The summed E-state index contributed by atoms with van der Waals surface area (Å²) in [6.45, 7) is 5.65. The number of pyridine rings is 1. The summed E-state index contributed by atoms with van der Waals surface area (Å²) in [6.07, 6.45) is 7.23. The minimum atomic E-state index is -0.00730. The van der Waals surface area contributed by atoms with E-state index in [1.54, 1.807) is 18.6 Å². The summed E-state index contributed by atoms with van der Waals surface area (Å²) >= 11 is 0. The summed E-state index contributed by atoms with van der Waals surface area (Å²) in [4.78, 5) is 21.3. The number of rotatable bonds is 3. The maximum Gasteiger partial charge on any atom is 0.255 e. The minimum absolute atomic E-state index is 0.00730. The van der Waals surface area contributed by atoms with Gasteiger partial charge in [0, 0.05) is 62.4 Å². The van der Waals surface area contributed by atoms with E-state index in [1.807, 2.05) is 23.1 Å². The number of H-pyrrole nitrogens is 1. The molecule has 1 amide bonds. The first-order chi connectivity index (χ1) is 12.7. The van der Waals surface area contributed by atoms with E-state index >= 15 is 0 Å². The van der Waals surface area contributed by atoms with Gasteiger partial charge in [0.1, 0.15) is 0 Å². The number of likely N-dealkylation sites (tertiary alicyclic amines) is 1. The third-order valence-corrected chi connectivity index (χ3v) is 5.33. The van der Waals surface area contributed by atoms with E-state index < -0.39 is 0 Å². The molecule has 2 aromatic rings. The van der Waals surface area contributed by atoms with E-state index in [9.17, 15) is 4.79 Å². The molecular weight excluding hydrogens is 330 g/mol. The molecule has 0 aliphatic carbocycles. The van der Waals surface area contributed by atoms with Gasteiger partial charge in [-0.2, -0.15) is 5.10 Å². The molecule has 1 spiro atoms. The minimum Gasteiger partial charge on any atom is -0.379 e. The number of hydrogen-bond donors (Lipinski definition) is 1. The molecule has 7 heteroatoms. The van der Waals surface area contributed by atoms with E-state index in [2.05, 4.69) is 20.1 Å². The Kier molecular flexibility index (Phi) is 4.99. The zero-order valence-electron chi connectivity index (χ0n) is 14.9. The molecule has 2 aliphatic rings. The number of amides is 1. The lowest BCUT2D eigenvalue weighted by Crippen LogP contribution is -2.52. The summed E-state index contributed by atoms with van der Waals surface area (Å²) in [5.74, 6) is 0.0709. The Balaban J connectivity index is 1.48. The summed E-state index contributed by atoms with van der Waals surface area (Å²) in [5.41, 5.74) is 1.77. The quantitative estimate of drug-likeness (QED) is 0.904. The number of ether oxygens (including phenoxy) is 1. The van der Waals surface area contributed by atoms with Crippen LogP contribution in [-0.2, 0) is 11.3 Å². The van der Waals surface area contributed by atoms with Crippen molar-refractivity contribution >= 4 is 5.91 Å². The van der Waals surface area contributed by atoms with Gasteiger partial charge in [0.2, 0.25) is 0 Å². The highest BCUT2D eigenvalue weighted by atomic mass is 16.5. The van der Waals surface area contributed by atoms with Gasteiger partial charge in [0.25, 0.3) is 5.91 Å². The van der Waals surface area contributed by atoms with Gasteiger partial charge in [-0.05, 0) is 31.0 Å². The van der Waals surface area contributed by atoms with Crippen LogP contribution in [0.2, 0.25) is 0 Å². The van der Waals surface area contributed by atoms with E-state index in [0.29, 0.717) is 12.2 Å². The Morgan fingerprint density at radius 1 is 1.27 bits per heavy atom. The van der Waals surface area contributed by atoms with Crippen LogP contribution in [0.25, 0.3) is 0 Å². The Labute approximate surface area is 153 Å². The van der Waals surface area contributed by atoms with Crippen molar-refractivity contribution in [3.05, 3.63) is 48.0 Å². The molecule has 2 saturated heterocycles. The third kappa shape index (κ3) is 3.78. The lowest BCUT2D eigenvalue weighted by atomic mass is 9.80. The first-order valence-corrected chi connectivity index (χ1v) is 9.22. The van der Waals surface area contributed by atoms with Gasteiger partial charge < -0.3 is 9.64 Å². The highest BCUT2D eigenvalue weighted by molar-refractivity contribution is 5.94. The maximum atomic E-state index is 12.9. The normalized spacial score (nSPS) is 24.5. The Hall–Kier alpha value is -2.25. The number of hydrogen-bond acceptors (Lipinski definition) is 5. The van der Waals surface area contributed by atoms with Crippen LogP contribution in [0.4, 0.5) is 0 Å². The lowest BCUT2D eigenvalue weighted by molar-refractivity contribution is 0.00688. The molecule has 0 saturated carbocycles. The molecule has 138 valence electrons. The van der Waals surface area contributed by atoms with Gasteiger partial charge >= 0.3 is 0 Å². The largest absolute Gasteiger partial charge is 0.379 e. The van der Waals surface area contributed by atoms with E-state index in [0.717, 1.165) is 57.9 Å². The Morgan fingerprint density at radius 3 is 3.04 bits per heavy atom. The predicted molar refractivity (Wildman–Crippen MR) is 96.5 cm³/mol. The van der Waals surface area contributed by atoms with Crippen molar-refractivity contribution in [2.45, 2.75) is 19.4 Å². The molecule has 0 bridgehead atoms. The van der Waals surface area contributed by atoms with Crippen molar-refractivity contribution in [1.29, 1.82) is 0 Å². The third-order valence-electron chi connectivity index (χ3n) is 5.33. The van der Waals surface area contributed by atoms with E-state index in [-0.39, 0.29) is 11.3 Å². The number of nitrogens with one attached hydrogen (secondary N) is 1. The monoisotopic (exact) mass is 355 g/mol. The smallest absolute Gasteiger partial charge is 0.255 e. The average Bonchev–Trinajstić information content (AvgIpc) is 3.11. The summed E-state index contributed by atoms with van der Waals surface area (Å²) in [5, 5.41) is 7.08. The van der Waals surface area contributed by atoms with Gasteiger partial charge in [-0.1, -0.05) is 0 Å². The molecular formula is C19H25N5O2. The number of aromatic amines is 1. The highest BCUT2D eigenvalue weighted by Gasteiger charge is 2.40. The number of carbonyl (C=O) groups excluding carboxylic acids is 1. The van der Waals surface area contributed by atoms with Crippen LogP contribution in [-0.4, -0.2) is 70.3 Å². The van der Waals surface area contributed by atoms with Crippen molar-refractivity contribution in [2.75, 3.05) is 39.4 Å². The molecule has 0 aromatic carbocycles. The molecule has 2 fully saturated rings. The zero-order valence-corrected chi connectivity index (χ0v) is 14.9. The fourth-order valence-corrected chi connectivity index (χ4v) is 4.13. The first kappa shape index (κ1) is 17.2. The van der Waals surface area contributed by atoms with Crippen LogP contribution in [0.1, 0.15) is 28.9 Å². The molecule has 4 heterocycles. The van der Waals surface area contributed by atoms with Crippen LogP contribution >= 0.6 is 0 Å². The van der Waals surface area contributed by atoms with Gasteiger partial charge in [-0.25, -0.2) is 0 Å². The summed E-state index contributed by atoms with van der Waals surface area (Å²) in [6, 6.07) is 5.66. The van der Waals surface area contributed by atoms with Gasteiger partial charge in [0.15, 0.2) is 0 Å². The molecule has 4 rings (SSSR count). The average molecular weight is 355 g/mol. The van der Waals surface area contributed by atoms with E-state index in [4.69, 9.17) is 4.74 Å². The van der Waals surface area contributed by atoms with Crippen molar-refractivity contribution in [3.8, 4) is 0 Å². The zero-order chi connectivity index (χ0) is 17.8.